The van der Waals surface area contributed by atoms with E-state index in [4.69, 9.17) is 4.74 Å². The third-order valence-corrected chi connectivity index (χ3v) is 4.75. The van der Waals surface area contributed by atoms with Crippen molar-refractivity contribution in [3.63, 3.8) is 0 Å². The van der Waals surface area contributed by atoms with E-state index >= 15 is 0 Å². The van der Waals surface area contributed by atoms with Crippen molar-refractivity contribution in [1.82, 2.24) is 25.2 Å². The summed E-state index contributed by atoms with van der Waals surface area (Å²) < 4.78 is 20.4. The number of ketones is 2. The second-order valence-corrected chi connectivity index (χ2v) is 7.27. The molecule has 3 aromatic rings. The number of halogens is 1. The minimum absolute atomic E-state index is 0.0328. The lowest BCUT2D eigenvalue weighted by atomic mass is 10.0. The van der Waals surface area contributed by atoms with Gasteiger partial charge in [0.25, 0.3) is 11.8 Å². The lowest BCUT2D eigenvalue weighted by Gasteiger charge is -2.17. The van der Waals surface area contributed by atoms with Crippen molar-refractivity contribution in [2.75, 3.05) is 13.2 Å². The molecule has 2 amide bonds. The Hall–Kier alpha value is -4.15. The summed E-state index contributed by atoms with van der Waals surface area (Å²) in [5.74, 6) is -1.83. The molecule has 4 rings (SSSR count). The molecule has 3 heterocycles. The second-order valence-electron chi connectivity index (χ2n) is 7.27. The van der Waals surface area contributed by atoms with Gasteiger partial charge in [-0.05, 0) is 24.6 Å². The minimum Gasteiger partial charge on any atom is -0.486 e. The third-order valence-electron chi connectivity index (χ3n) is 4.75. The highest BCUT2D eigenvalue weighted by molar-refractivity contribution is 5.99. The average Bonchev–Trinajstić information content (AvgIpc) is 3.15. The number of nitrogens with zero attached hydrogens (tertiary/aromatic N) is 3. The SMILES string of the molecule is CC(=O)CNC(=O)c1cc(C(=O)NCc2ccc3c(c2)CC(=O)CO3)nc2c(F)cnn12. The molecule has 10 nitrogen and oxygen atoms in total. The van der Waals surface area contributed by atoms with E-state index in [1.54, 1.807) is 18.2 Å². The molecule has 0 spiro atoms. The van der Waals surface area contributed by atoms with Crippen molar-refractivity contribution < 1.29 is 28.3 Å². The molecule has 0 atom stereocenters. The van der Waals surface area contributed by atoms with Crippen LogP contribution in [0.4, 0.5) is 4.39 Å². The maximum absolute atomic E-state index is 14.1. The quantitative estimate of drug-likeness (QED) is 0.576. The van der Waals surface area contributed by atoms with Crippen LogP contribution in [0.3, 0.4) is 0 Å². The maximum atomic E-state index is 14.1. The van der Waals surface area contributed by atoms with Crippen molar-refractivity contribution in [2.24, 2.45) is 0 Å². The number of ether oxygens (including phenoxy) is 1. The van der Waals surface area contributed by atoms with Crippen molar-refractivity contribution in [1.29, 1.82) is 0 Å². The van der Waals surface area contributed by atoms with Gasteiger partial charge in [0.2, 0.25) is 0 Å². The maximum Gasteiger partial charge on any atom is 0.270 e. The first kappa shape index (κ1) is 21.1. The summed E-state index contributed by atoms with van der Waals surface area (Å²) in [7, 11) is 0. The summed E-state index contributed by atoms with van der Waals surface area (Å²) in [5, 5.41) is 8.82. The zero-order chi connectivity index (χ0) is 22.8. The summed E-state index contributed by atoms with van der Waals surface area (Å²) in [6.45, 7) is 1.24. The van der Waals surface area contributed by atoms with Gasteiger partial charge in [0.15, 0.2) is 17.2 Å². The van der Waals surface area contributed by atoms with Gasteiger partial charge in [-0.3, -0.25) is 19.2 Å². The van der Waals surface area contributed by atoms with E-state index in [0.717, 1.165) is 21.8 Å². The average molecular weight is 439 g/mol. The molecule has 0 bridgehead atoms. The second kappa shape index (κ2) is 8.53. The molecule has 2 aromatic heterocycles. The molecule has 0 radical (unpaired) electrons. The number of rotatable bonds is 6. The highest BCUT2D eigenvalue weighted by Crippen LogP contribution is 2.24. The van der Waals surface area contributed by atoms with Crippen LogP contribution in [-0.2, 0) is 22.6 Å². The van der Waals surface area contributed by atoms with E-state index in [2.05, 4.69) is 20.7 Å². The summed E-state index contributed by atoms with van der Waals surface area (Å²) in [5.41, 5.74) is 0.830. The monoisotopic (exact) mass is 439 g/mol. The normalized spacial score (nSPS) is 12.8. The van der Waals surface area contributed by atoms with Crippen LogP contribution < -0.4 is 15.4 Å². The van der Waals surface area contributed by atoms with E-state index in [1.807, 2.05) is 0 Å². The van der Waals surface area contributed by atoms with Crippen LogP contribution in [0.5, 0.6) is 5.75 Å². The standard InChI is InChI=1S/C21H18FN5O5/c1-11(28)7-23-21(31)17-6-16(26-19-15(22)9-25-27(17)19)20(30)24-8-12-2-3-18-13(4-12)5-14(29)10-32-18/h2-4,6,9H,5,7-8,10H2,1H3,(H,23,31)(H,24,30). The molecular formula is C21H18FN5O5. The van der Waals surface area contributed by atoms with Crippen LogP contribution in [0.2, 0.25) is 0 Å². The van der Waals surface area contributed by atoms with Gasteiger partial charge >= 0.3 is 0 Å². The van der Waals surface area contributed by atoms with Crippen molar-refractivity contribution in [3.8, 4) is 5.75 Å². The number of fused-ring (bicyclic) bond motifs is 2. The first-order valence-corrected chi connectivity index (χ1v) is 9.68. The van der Waals surface area contributed by atoms with Crippen molar-refractivity contribution >= 4 is 29.0 Å². The van der Waals surface area contributed by atoms with E-state index in [1.165, 1.54) is 13.0 Å². The molecule has 1 aromatic carbocycles. The number of hydrogen-bond acceptors (Lipinski definition) is 7. The van der Waals surface area contributed by atoms with E-state index < -0.39 is 17.6 Å². The number of aromatic nitrogens is 3. The molecule has 32 heavy (non-hydrogen) atoms. The van der Waals surface area contributed by atoms with Crippen LogP contribution in [0.15, 0.2) is 30.5 Å². The topological polar surface area (TPSA) is 132 Å². The molecular weight excluding hydrogens is 421 g/mol. The van der Waals surface area contributed by atoms with E-state index in [-0.39, 0.29) is 54.7 Å². The molecule has 1 aliphatic heterocycles. The van der Waals surface area contributed by atoms with Crippen LogP contribution in [-0.4, -0.2) is 51.1 Å². The Morgan fingerprint density at radius 2 is 2.00 bits per heavy atom. The molecule has 0 saturated heterocycles. The number of nitrogens with one attached hydrogen (secondary N) is 2. The van der Waals surface area contributed by atoms with Crippen LogP contribution in [0.25, 0.3) is 5.65 Å². The van der Waals surface area contributed by atoms with Gasteiger partial charge in [-0.1, -0.05) is 6.07 Å². The molecule has 0 fully saturated rings. The van der Waals surface area contributed by atoms with Gasteiger partial charge in [0.05, 0.1) is 12.7 Å². The fourth-order valence-corrected chi connectivity index (χ4v) is 3.23. The fourth-order valence-electron chi connectivity index (χ4n) is 3.23. The summed E-state index contributed by atoms with van der Waals surface area (Å²) in [4.78, 5) is 51.8. The van der Waals surface area contributed by atoms with Gasteiger partial charge in [-0.2, -0.15) is 5.10 Å². The first-order valence-electron chi connectivity index (χ1n) is 9.68. The Kier molecular flexibility index (Phi) is 5.63. The van der Waals surface area contributed by atoms with Gasteiger partial charge in [-0.15, -0.1) is 0 Å². The lowest BCUT2D eigenvalue weighted by Crippen LogP contribution is -2.31. The third kappa shape index (κ3) is 4.31. The van der Waals surface area contributed by atoms with Crippen molar-refractivity contribution in [3.05, 3.63) is 58.8 Å². The molecule has 164 valence electrons. The Labute approximate surface area is 180 Å². The Bertz CT molecular complexity index is 1270. The number of benzene rings is 1. The minimum atomic E-state index is -0.806. The number of amides is 2. The van der Waals surface area contributed by atoms with Gasteiger partial charge in [0, 0.05) is 24.6 Å². The molecule has 0 unspecified atom stereocenters. The Balaban J connectivity index is 1.55. The van der Waals surface area contributed by atoms with Crippen LogP contribution in [0.1, 0.15) is 39.0 Å². The largest absolute Gasteiger partial charge is 0.486 e. The van der Waals surface area contributed by atoms with Gasteiger partial charge in [0.1, 0.15) is 29.5 Å². The first-order chi connectivity index (χ1) is 15.3. The molecule has 2 N–H and O–H groups in total. The van der Waals surface area contributed by atoms with Gasteiger partial charge in [-0.25, -0.2) is 13.9 Å². The van der Waals surface area contributed by atoms with Crippen molar-refractivity contribution in [2.45, 2.75) is 19.9 Å². The molecule has 0 saturated carbocycles. The smallest absolute Gasteiger partial charge is 0.270 e. The zero-order valence-corrected chi connectivity index (χ0v) is 17.0. The number of hydrogen-bond donors (Lipinski definition) is 2. The van der Waals surface area contributed by atoms with Crippen LogP contribution >= 0.6 is 0 Å². The number of carbonyl (C=O) groups is 4. The van der Waals surface area contributed by atoms with E-state index in [9.17, 15) is 23.6 Å². The highest BCUT2D eigenvalue weighted by atomic mass is 19.1. The predicted octanol–water partition coefficient (Wildman–Crippen LogP) is 0.621. The number of carbonyl (C=O) groups excluding carboxylic acids is 4. The lowest BCUT2D eigenvalue weighted by molar-refractivity contribution is -0.121. The molecule has 0 aliphatic carbocycles. The van der Waals surface area contributed by atoms with Crippen LogP contribution in [0, 0.1) is 5.82 Å². The van der Waals surface area contributed by atoms with Gasteiger partial charge < -0.3 is 15.4 Å². The molecule has 1 aliphatic rings. The predicted molar refractivity (Wildman–Crippen MR) is 108 cm³/mol. The summed E-state index contributed by atoms with van der Waals surface area (Å²) in [6, 6.07) is 6.42. The van der Waals surface area contributed by atoms with E-state index in [0.29, 0.717) is 5.75 Å². The Morgan fingerprint density at radius 3 is 2.78 bits per heavy atom. The highest BCUT2D eigenvalue weighted by Gasteiger charge is 2.21. The Morgan fingerprint density at radius 1 is 1.19 bits per heavy atom. The number of Topliss-reactive ketones (excluding diaryl/α,β-unsaturated/α-hetero) is 2. The summed E-state index contributed by atoms with van der Waals surface area (Å²) in [6.07, 6.45) is 1.14. The molecule has 11 heteroatoms. The zero-order valence-electron chi connectivity index (χ0n) is 17.0. The summed E-state index contributed by atoms with van der Waals surface area (Å²) >= 11 is 0. The fraction of sp³-hybridized carbons (Fsp3) is 0.238.